The summed E-state index contributed by atoms with van der Waals surface area (Å²) in [4.78, 5) is 0. The normalized spacial score (nSPS) is 11.8. The highest BCUT2D eigenvalue weighted by atomic mass is 13.8. The van der Waals surface area contributed by atoms with Gasteiger partial charge in [0.05, 0.1) is 0 Å². The Bertz CT molecular complexity index is 76.2. The summed E-state index contributed by atoms with van der Waals surface area (Å²) in [6.45, 7) is 4.13. The van der Waals surface area contributed by atoms with Crippen LogP contribution in [-0.4, -0.2) is 0 Å². The van der Waals surface area contributed by atoms with Crippen molar-refractivity contribution in [3.05, 3.63) is 24.3 Å². The van der Waals surface area contributed by atoms with Crippen LogP contribution in [0.1, 0.15) is 33.1 Å². The summed E-state index contributed by atoms with van der Waals surface area (Å²) in [6, 6.07) is 0. The maximum absolute atomic E-state index is 2.21. The van der Waals surface area contributed by atoms with Gasteiger partial charge in [0, 0.05) is 0 Å². The Hall–Kier alpha value is -0.520. The van der Waals surface area contributed by atoms with Crippen molar-refractivity contribution in [2.75, 3.05) is 0 Å². The number of allylic oxidation sites excluding steroid dienone is 4. The van der Waals surface area contributed by atoms with Crippen LogP contribution in [0.4, 0.5) is 0 Å². The molecule has 0 N–H and O–H groups in total. The Labute approximate surface area is 58.3 Å². The molecule has 0 aromatic rings. The molecule has 0 saturated heterocycles. The van der Waals surface area contributed by atoms with E-state index < -0.39 is 0 Å². The molecule has 0 radical (unpaired) electrons. The third-order valence-electron chi connectivity index (χ3n) is 1.21. The summed E-state index contributed by atoms with van der Waals surface area (Å²) >= 11 is 0. The Morgan fingerprint density at radius 1 is 0.889 bits per heavy atom. The molecule has 0 spiro atoms. The van der Waals surface area contributed by atoms with Gasteiger partial charge in [-0.3, -0.25) is 0 Å². The van der Waals surface area contributed by atoms with Gasteiger partial charge in [-0.05, 0) is 33.1 Å². The highest BCUT2D eigenvalue weighted by Gasteiger charge is 1.76. The summed E-state index contributed by atoms with van der Waals surface area (Å²) < 4.78 is 0. The van der Waals surface area contributed by atoms with E-state index >= 15 is 0 Å². The van der Waals surface area contributed by atoms with Crippen LogP contribution in [0.15, 0.2) is 24.3 Å². The van der Waals surface area contributed by atoms with Gasteiger partial charge in [0.25, 0.3) is 0 Å². The summed E-state index contributed by atoms with van der Waals surface area (Å²) in [7, 11) is 0. The van der Waals surface area contributed by atoms with Gasteiger partial charge in [0.2, 0.25) is 0 Å². The van der Waals surface area contributed by atoms with Crippen molar-refractivity contribution in [1.82, 2.24) is 0 Å². The summed E-state index contributed by atoms with van der Waals surface area (Å²) in [5.41, 5.74) is 0. The first kappa shape index (κ1) is 8.48. The second-order valence-electron chi connectivity index (χ2n) is 2.07. The van der Waals surface area contributed by atoms with Crippen LogP contribution < -0.4 is 0 Å². The van der Waals surface area contributed by atoms with E-state index in [2.05, 4.69) is 38.2 Å². The molecule has 0 aliphatic carbocycles. The molecule has 0 aliphatic rings. The minimum atomic E-state index is 1.22. The zero-order chi connectivity index (χ0) is 6.95. The zero-order valence-electron chi connectivity index (χ0n) is 6.43. The van der Waals surface area contributed by atoms with Gasteiger partial charge < -0.3 is 0 Å². The quantitative estimate of drug-likeness (QED) is 0.398. The van der Waals surface area contributed by atoms with Crippen LogP contribution in [0.25, 0.3) is 0 Å². The molecule has 0 atom stereocenters. The Morgan fingerprint density at radius 2 is 1.33 bits per heavy atom. The van der Waals surface area contributed by atoms with Crippen LogP contribution in [0.5, 0.6) is 0 Å². The predicted molar refractivity (Wildman–Crippen MR) is 43.5 cm³/mol. The average molecular weight is 124 g/mol. The van der Waals surface area contributed by atoms with E-state index in [-0.39, 0.29) is 0 Å². The lowest BCUT2D eigenvalue weighted by molar-refractivity contribution is 0.866. The topological polar surface area (TPSA) is 0 Å². The van der Waals surface area contributed by atoms with Crippen LogP contribution in [0.2, 0.25) is 0 Å². The maximum atomic E-state index is 2.21. The van der Waals surface area contributed by atoms with E-state index in [1.165, 1.54) is 19.3 Å². The van der Waals surface area contributed by atoms with Gasteiger partial charge in [-0.25, -0.2) is 0 Å². The van der Waals surface area contributed by atoms with E-state index in [9.17, 15) is 0 Å². The molecule has 9 heavy (non-hydrogen) atoms. The van der Waals surface area contributed by atoms with Crippen molar-refractivity contribution in [3.63, 3.8) is 0 Å². The molecule has 0 rings (SSSR count). The summed E-state index contributed by atoms with van der Waals surface area (Å²) in [6.07, 6.45) is 12.4. The van der Waals surface area contributed by atoms with Crippen molar-refractivity contribution >= 4 is 0 Å². The number of rotatable bonds is 4. The Morgan fingerprint density at radius 3 is 1.67 bits per heavy atom. The lowest BCUT2D eigenvalue weighted by Crippen LogP contribution is -1.66. The summed E-state index contributed by atoms with van der Waals surface area (Å²) in [5.74, 6) is 0. The van der Waals surface area contributed by atoms with Crippen molar-refractivity contribution in [1.29, 1.82) is 0 Å². The van der Waals surface area contributed by atoms with Crippen LogP contribution in [0, 0.1) is 0 Å². The van der Waals surface area contributed by atoms with Crippen molar-refractivity contribution in [2.24, 2.45) is 0 Å². The Kier molecular flexibility index (Phi) is 7.05. The molecule has 0 saturated carbocycles. The van der Waals surface area contributed by atoms with E-state index in [1.54, 1.807) is 0 Å². The zero-order valence-corrected chi connectivity index (χ0v) is 6.43. The van der Waals surface area contributed by atoms with Gasteiger partial charge in [0.1, 0.15) is 0 Å². The molecule has 0 unspecified atom stereocenters. The largest absolute Gasteiger partial charge is 0.0917 e. The van der Waals surface area contributed by atoms with E-state index in [0.29, 0.717) is 0 Å². The van der Waals surface area contributed by atoms with Crippen molar-refractivity contribution < 1.29 is 0 Å². The minimum Gasteiger partial charge on any atom is -0.0917 e. The number of hydrogen-bond donors (Lipinski definition) is 0. The Balaban J connectivity index is 2.91. The van der Waals surface area contributed by atoms with E-state index in [1.807, 2.05) is 0 Å². The molecule has 52 valence electrons. The SMILES string of the molecule is CC=CCCCC=CC. The van der Waals surface area contributed by atoms with Gasteiger partial charge >= 0.3 is 0 Å². The highest BCUT2D eigenvalue weighted by molar-refractivity contribution is 4.81. The molecule has 0 aromatic carbocycles. The van der Waals surface area contributed by atoms with Gasteiger partial charge in [0.15, 0.2) is 0 Å². The summed E-state index contributed by atoms with van der Waals surface area (Å²) in [5, 5.41) is 0. The van der Waals surface area contributed by atoms with Gasteiger partial charge in [-0.2, -0.15) is 0 Å². The standard InChI is InChI=1S/C9H16/c1-3-5-7-9-8-6-4-2/h3-6H,7-9H2,1-2H3. The van der Waals surface area contributed by atoms with Crippen LogP contribution in [0.3, 0.4) is 0 Å². The average Bonchev–Trinajstić information content (AvgIpc) is 1.89. The molecule has 0 heterocycles. The van der Waals surface area contributed by atoms with Gasteiger partial charge in [-0.15, -0.1) is 0 Å². The third kappa shape index (κ3) is 7.48. The first-order chi connectivity index (χ1) is 4.41. The predicted octanol–water partition coefficient (Wildman–Crippen LogP) is 3.31. The van der Waals surface area contributed by atoms with Crippen molar-refractivity contribution in [3.8, 4) is 0 Å². The fourth-order valence-corrected chi connectivity index (χ4v) is 0.687. The fraction of sp³-hybridized carbons (Fsp3) is 0.556. The molecule has 0 bridgehead atoms. The van der Waals surface area contributed by atoms with Crippen LogP contribution >= 0.6 is 0 Å². The molecular formula is C9H16. The monoisotopic (exact) mass is 124 g/mol. The van der Waals surface area contributed by atoms with Crippen LogP contribution in [-0.2, 0) is 0 Å². The highest BCUT2D eigenvalue weighted by Crippen LogP contribution is 1.96. The van der Waals surface area contributed by atoms with E-state index in [4.69, 9.17) is 0 Å². The molecule has 0 nitrogen and oxygen atoms in total. The molecule has 0 aromatic heterocycles. The van der Waals surface area contributed by atoms with E-state index in [0.717, 1.165) is 0 Å². The smallest absolute Gasteiger partial charge is 0.0348 e. The molecule has 0 aliphatic heterocycles. The number of hydrogen-bond acceptors (Lipinski definition) is 0. The second kappa shape index (κ2) is 7.48. The van der Waals surface area contributed by atoms with Crippen molar-refractivity contribution in [2.45, 2.75) is 33.1 Å². The maximum Gasteiger partial charge on any atom is -0.0348 e. The lowest BCUT2D eigenvalue weighted by Gasteiger charge is -1.86. The molecule has 0 heteroatoms. The fourth-order valence-electron chi connectivity index (χ4n) is 0.687. The molecule has 0 amide bonds. The third-order valence-corrected chi connectivity index (χ3v) is 1.21. The first-order valence-corrected chi connectivity index (χ1v) is 3.64. The lowest BCUT2D eigenvalue weighted by atomic mass is 10.2. The minimum absolute atomic E-state index is 1.22. The second-order valence-corrected chi connectivity index (χ2v) is 2.07. The number of unbranched alkanes of at least 4 members (excludes halogenated alkanes) is 2. The molecule has 0 fully saturated rings. The molecular weight excluding hydrogens is 108 g/mol. The first-order valence-electron chi connectivity index (χ1n) is 3.64. The van der Waals surface area contributed by atoms with Gasteiger partial charge in [-0.1, -0.05) is 24.3 Å².